The third-order valence-electron chi connectivity index (χ3n) is 4.41. The highest BCUT2D eigenvalue weighted by atomic mass is 16.7. The van der Waals surface area contributed by atoms with Crippen molar-refractivity contribution < 1.29 is 9.31 Å². The van der Waals surface area contributed by atoms with E-state index in [1.165, 1.54) is 5.56 Å². The highest BCUT2D eigenvalue weighted by Crippen LogP contribution is 2.42. The molecule has 1 saturated heterocycles. The number of benzene rings is 1. The summed E-state index contributed by atoms with van der Waals surface area (Å²) in [7, 11) is -0.377. The van der Waals surface area contributed by atoms with Gasteiger partial charge in [-0.05, 0) is 46.3 Å². The Balaban J connectivity index is 1.93. The van der Waals surface area contributed by atoms with Crippen molar-refractivity contribution in [2.45, 2.75) is 45.8 Å². The van der Waals surface area contributed by atoms with Gasteiger partial charge in [0.25, 0.3) is 0 Å². The van der Waals surface area contributed by atoms with E-state index in [-0.39, 0.29) is 18.3 Å². The third-order valence-corrected chi connectivity index (χ3v) is 4.41. The summed E-state index contributed by atoms with van der Waals surface area (Å²) < 4.78 is 12.2. The number of allylic oxidation sites excluding steroid dienone is 1. The van der Waals surface area contributed by atoms with Crippen LogP contribution in [0.2, 0.25) is 0 Å². The maximum absolute atomic E-state index is 6.08. The molecule has 0 saturated carbocycles. The lowest BCUT2D eigenvalue weighted by molar-refractivity contribution is 0.00578. The number of hydrogen-bond acceptors (Lipinski definition) is 2. The minimum Gasteiger partial charge on any atom is -0.398 e. The fourth-order valence-corrected chi connectivity index (χ4v) is 2.42. The van der Waals surface area contributed by atoms with Gasteiger partial charge in [0.1, 0.15) is 0 Å². The molecule has 0 unspecified atom stereocenters. The standard InChI is InChI=1S/C15H19BNO2/c1-10-11-8-6-7-9-12(11)17-13(10)16-18-14(2,3)15(4,5)19-16/h6-9H,1-5H3. The van der Waals surface area contributed by atoms with Crippen LogP contribution in [-0.4, -0.2) is 18.3 Å². The van der Waals surface area contributed by atoms with Crippen LogP contribution in [0.3, 0.4) is 0 Å². The van der Waals surface area contributed by atoms with E-state index in [0.29, 0.717) is 0 Å². The fourth-order valence-electron chi connectivity index (χ4n) is 2.42. The molecule has 3 rings (SSSR count). The molecule has 99 valence electrons. The largest absolute Gasteiger partial charge is 0.514 e. The molecular formula is C15H19BNO2. The minimum atomic E-state index is -0.377. The van der Waals surface area contributed by atoms with E-state index in [9.17, 15) is 0 Å². The van der Waals surface area contributed by atoms with Crippen LogP contribution >= 0.6 is 0 Å². The second-order valence-corrected chi connectivity index (χ2v) is 6.23. The van der Waals surface area contributed by atoms with Crippen LogP contribution in [0, 0.1) is 0 Å². The fraction of sp³-hybridized carbons (Fsp3) is 0.467. The highest BCUT2D eigenvalue weighted by Gasteiger charge is 2.54. The molecule has 3 nitrogen and oxygen atoms in total. The van der Waals surface area contributed by atoms with Crippen molar-refractivity contribution in [3.8, 4) is 0 Å². The number of rotatable bonds is 1. The van der Waals surface area contributed by atoms with Gasteiger partial charge in [-0.2, -0.15) is 0 Å². The Labute approximate surface area is 115 Å². The number of fused-ring (bicyclic) bond motifs is 1. The molecule has 0 aliphatic carbocycles. The average molecular weight is 256 g/mol. The summed E-state index contributed by atoms with van der Waals surface area (Å²) in [6.45, 7) is 10.3. The van der Waals surface area contributed by atoms with Gasteiger partial charge in [0, 0.05) is 5.56 Å². The summed E-state index contributed by atoms with van der Waals surface area (Å²) >= 11 is 0. The monoisotopic (exact) mass is 256 g/mol. The van der Waals surface area contributed by atoms with Gasteiger partial charge in [-0.15, -0.1) is 0 Å². The summed E-state index contributed by atoms with van der Waals surface area (Å²) in [6, 6.07) is 8.15. The maximum Gasteiger partial charge on any atom is 0.514 e. The summed E-state index contributed by atoms with van der Waals surface area (Å²) in [4.78, 5) is 0. The molecule has 0 spiro atoms. The lowest BCUT2D eigenvalue weighted by Gasteiger charge is -2.32. The highest BCUT2D eigenvalue weighted by molar-refractivity contribution is 6.56. The van der Waals surface area contributed by atoms with Gasteiger partial charge in [0.05, 0.1) is 22.5 Å². The van der Waals surface area contributed by atoms with Gasteiger partial charge in [0.2, 0.25) is 0 Å². The normalized spacial score (nSPS) is 23.5. The average Bonchev–Trinajstić information content (AvgIpc) is 2.76. The van der Waals surface area contributed by atoms with E-state index in [4.69, 9.17) is 9.31 Å². The summed E-state index contributed by atoms with van der Waals surface area (Å²) in [5, 5.41) is 4.68. The zero-order valence-electron chi connectivity index (χ0n) is 12.2. The second kappa shape index (κ2) is 3.87. The molecule has 2 aliphatic rings. The van der Waals surface area contributed by atoms with Crippen LogP contribution in [-0.2, 0) is 9.31 Å². The minimum absolute atomic E-state index is 0.324. The van der Waals surface area contributed by atoms with Gasteiger partial charge in [0.15, 0.2) is 0 Å². The van der Waals surface area contributed by atoms with Crippen molar-refractivity contribution in [3.05, 3.63) is 35.4 Å². The van der Waals surface area contributed by atoms with E-state index >= 15 is 0 Å². The molecule has 0 amide bonds. The van der Waals surface area contributed by atoms with Crippen LogP contribution in [0.5, 0.6) is 0 Å². The van der Waals surface area contributed by atoms with Crippen molar-refractivity contribution in [2.24, 2.45) is 0 Å². The van der Waals surface area contributed by atoms with Crippen molar-refractivity contribution in [1.82, 2.24) is 5.32 Å². The molecular weight excluding hydrogens is 237 g/mol. The molecule has 19 heavy (non-hydrogen) atoms. The Hall–Kier alpha value is -1.26. The molecule has 0 N–H and O–H groups in total. The molecule has 1 aromatic carbocycles. The smallest absolute Gasteiger partial charge is 0.398 e. The van der Waals surface area contributed by atoms with Crippen LogP contribution in [0.25, 0.3) is 5.57 Å². The van der Waals surface area contributed by atoms with Crippen molar-refractivity contribution >= 4 is 18.4 Å². The Morgan fingerprint density at radius 3 is 2.16 bits per heavy atom. The number of nitrogens with zero attached hydrogens (tertiary/aromatic N) is 1. The van der Waals surface area contributed by atoms with E-state index in [1.807, 2.05) is 18.2 Å². The van der Waals surface area contributed by atoms with Crippen LogP contribution < -0.4 is 5.32 Å². The predicted octanol–water partition coefficient (Wildman–Crippen LogP) is 3.30. The Morgan fingerprint density at radius 2 is 1.58 bits per heavy atom. The Kier molecular flexibility index (Phi) is 2.60. The van der Waals surface area contributed by atoms with Gasteiger partial charge >= 0.3 is 7.12 Å². The van der Waals surface area contributed by atoms with E-state index in [0.717, 1.165) is 16.9 Å². The Morgan fingerprint density at radius 1 is 1.00 bits per heavy atom. The van der Waals surface area contributed by atoms with Crippen LogP contribution in [0.15, 0.2) is 29.9 Å². The van der Waals surface area contributed by atoms with Gasteiger partial charge < -0.3 is 9.31 Å². The molecule has 0 aromatic heterocycles. The lowest BCUT2D eigenvalue weighted by atomic mass is 9.82. The van der Waals surface area contributed by atoms with Crippen LogP contribution in [0.1, 0.15) is 40.2 Å². The molecule has 1 fully saturated rings. The molecule has 0 atom stereocenters. The van der Waals surface area contributed by atoms with Crippen LogP contribution in [0.4, 0.5) is 5.69 Å². The summed E-state index contributed by atoms with van der Waals surface area (Å²) in [5.74, 6) is 0. The van der Waals surface area contributed by atoms with Gasteiger partial charge in [-0.25, -0.2) is 0 Å². The van der Waals surface area contributed by atoms with Gasteiger partial charge in [-0.3, -0.25) is 5.32 Å². The third kappa shape index (κ3) is 1.82. The molecule has 2 heterocycles. The van der Waals surface area contributed by atoms with E-state index < -0.39 is 0 Å². The first-order valence-electron chi connectivity index (χ1n) is 6.69. The zero-order valence-corrected chi connectivity index (χ0v) is 12.2. The zero-order chi connectivity index (χ0) is 13.8. The summed E-state index contributed by atoms with van der Waals surface area (Å²) in [6.07, 6.45) is 0. The molecule has 4 heteroatoms. The lowest BCUT2D eigenvalue weighted by Crippen LogP contribution is -2.41. The molecule has 1 aromatic rings. The van der Waals surface area contributed by atoms with E-state index in [2.05, 4.69) is 46.0 Å². The SMILES string of the molecule is CC1=C(B2OC(C)(C)C(C)(C)O2)[N]c2ccccc21. The maximum atomic E-state index is 6.08. The number of hydrogen-bond donors (Lipinski definition) is 0. The Bertz CT molecular complexity index is 547. The molecule has 2 aliphatic heterocycles. The van der Waals surface area contributed by atoms with Crippen molar-refractivity contribution in [3.63, 3.8) is 0 Å². The predicted molar refractivity (Wildman–Crippen MR) is 76.9 cm³/mol. The summed E-state index contributed by atoms with van der Waals surface area (Å²) in [5.41, 5.74) is 3.58. The van der Waals surface area contributed by atoms with Crippen molar-refractivity contribution in [2.75, 3.05) is 0 Å². The van der Waals surface area contributed by atoms with Gasteiger partial charge in [-0.1, -0.05) is 18.2 Å². The number of para-hydroxylation sites is 1. The first-order valence-corrected chi connectivity index (χ1v) is 6.69. The quantitative estimate of drug-likeness (QED) is 0.722. The second-order valence-electron chi connectivity index (χ2n) is 6.23. The first-order chi connectivity index (χ1) is 8.82. The topological polar surface area (TPSA) is 32.6 Å². The molecule has 1 radical (unpaired) electrons. The molecule has 0 bridgehead atoms. The van der Waals surface area contributed by atoms with E-state index in [1.54, 1.807) is 0 Å². The van der Waals surface area contributed by atoms with Crippen molar-refractivity contribution in [1.29, 1.82) is 0 Å². The first kappa shape index (κ1) is 12.8.